The molecule has 1 amide bonds. The third-order valence-electron chi connectivity index (χ3n) is 3.82. The van der Waals surface area contributed by atoms with Crippen LogP contribution in [0.4, 0.5) is 0 Å². The summed E-state index contributed by atoms with van der Waals surface area (Å²) < 4.78 is 0. The molecule has 2 heterocycles. The predicted molar refractivity (Wildman–Crippen MR) is 70.4 cm³/mol. The zero-order valence-electron chi connectivity index (χ0n) is 11.2. The van der Waals surface area contributed by atoms with E-state index in [-0.39, 0.29) is 5.91 Å². The van der Waals surface area contributed by atoms with Gasteiger partial charge in [-0.3, -0.25) is 9.89 Å². The quantitative estimate of drug-likeness (QED) is 0.847. The first-order valence-corrected chi connectivity index (χ1v) is 6.64. The van der Waals surface area contributed by atoms with Crippen molar-refractivity contribution in [2.45, 2.75) is 33.1 Å². The van der Waals surface area contributed by atoms with E-state index in [4.69, 9.17) is 5.73 Å². The summed E-state index contributed by atoms with van der Waals surface area (Å²) in [4.78, 5) is 14.4. The van der Waals surface area contributed by atoms with E-state index in [0.717, 1.165) is 55.8 Å². The number of hydrogen-bond donors (Lipinski definition) is 2. The molecule has 0 bridgehead atoms. The molecule has 0 atom stereocenters. The lowest BCUT2D eigenvalue weighted by atomic mass is 9.93. The lowest BCUT2D eigenvalue weighted by molar-refractivity contribution is 0.0686. The van der Waals surface area contributed by atoms with Crippen LogP contribution in [0.2, 0.25) is 0 Å². The van der Waals surface area contributed by atoms with Crippen LogP contribution in [0.15, 0.2) is 0 Å². The number of nitrogens with one attached hydrogen (secondary N) is 1. The largest absolute Gasteiger partial charge is 0.339 e. The lowest BCUT2D eigenvalue weighted by Gasteiger charge is -2.32. The molecular weight excluding hydrogens is 228 g/mol. The summed E-state index contributed by atoms with van der Waals surface area (Å²) in [5.74, 6) is 0.801. The molecule has 3 N–H and O–H groups in total. The Labute approximate surface area is 108 Å². The molecule has 0 spiro atoms. The summed E-state index contributed by atoms with van der Waals surface area (Å²) >= 11 is 0. The number of carbonyl (C=O) groups is 1. The Hall–Kier alpha value is -1.36. The number of nitrogens with two attached hydrogens (primary N) is 1. The highest BCUT2D eigenvalue weighted by atomic mass is 16.2. The van der Waals surface area contributed by atoms with Gasteiger partial charge in [-0.25, -0.2) is 0 Å². The number of piperidine rings is 1. The third kappa shape index (κ3) is 2.56. The van der Waals surface area contributed by atoms with Gasteiger partial charge in [0.2, 0.25) is 0 Å². The second-order valence-electron chi connectivity index (χ2n) is 5.12. The maximum absolute atomic E-state index is 12.4. The van der Waals surface area contributed by atoms with Crippen LogP contribution in [0.3, 0.4) is 0 Å². The van der Waals surface area contributed by atoms with Gasteiger partial charge in [-0.15, -0.1) is 0 Å². The highest BCUT2D eigenvalue weighted by Crippen LogP contribution is 2.22. The fourth-order valence-corrected chi connectivity index (χ4v) is 2.68. The normalized spacial score (nSPS) is 17.2. The molecular formula is C13H22N4O. The fraction of sp³-hybridized carbons (Fsp3) is 0.692. The summed E-state index contributed by atoms with van der Waals surface area (Å²) in [7, 11) is 0. The summed E-state index contributed by atoms with van der Waals surface area (Å²) in [6, 6.07) is 0. The molecule has 0 aromatic carbocycles. The molecule has 100 valence electrons. The monoisotopic (exact) mass is 250 g/mol. The molecule has 2 rings (SSSR count). The van der Waals surface area contributed by atoms with Crippen molar-refractivity contribution >= 4 is 5.91 Å². The van der Waals surface area contributed by atoms with Gasteiger partial charge in [0.05, 0.1) is 11.3 Å². The van der Waals surface area contributed by atoms with E-state index in [9.17, 15) is 4.79 Å². The van der Waals surface area contributed by atoms with Crippen molar-refractivity contribution in [2.75, 3.05) is 19.6 Å². The van der Waals surface area contributed by atoms with Gasteiger partial charge in [-0.2, -0.15) is 5.10 Å². The second-order valence-corrected chi connectivity index (χ2v) is 5.12. The average molecular weight is 250 g/mol. The SMILES string of the molecule is Cc1n[nH]c(C)c1C(=O)N1CCC(CCN)CC1. The molecule has 0 aliphatic carbocycles. The Balaban J connectivity index is 2.00. The van der Waals surface area contributed by atoms with Crippen molar-refractivity contribution in [3.8, 4) is 0 Å². The number of amides is 1. The molecule has 1 aliphatic heterocycles. The first kappa shape index (κ1) is 13.1. The van der Waals surface area contributed by atoms with E-state index >= 15 is 0 Å². The van der Waals surface area contributed by atoms with Crippen LogP contribution < -0.4 is 5.73 Å². The first-order valence-electron chi connectivity index (χ1n) is 6.64. The number of H-pyrrole nitrogens is 1. The molecule has 1 aliphatic rings. The van der Waals surface area contributed by atoms with Gasteiger partial charge in [0.15, 0.2) is 0 Å². The topological polar surface area (TPSA) is 75.0 Å². The molecule has 1 fully saturated rings. The second kappa shape index (κ2) is 5.52. The highest BCUT2D eigenvalue weighted by molar-refractivity contribution is 5.96. The number of aromatic amines is 1. The van der Waals surface area contributed by atoms with E-state index in [1.54, 1.807) is 0 Å². The summed E-state index contributed by atoms with van der Waals surface area (Å²) in [5.41, 5.74) is 7.98. The van der Waals surface area contributed by atoms with Crippen molar-refractivity contribution in [2.24, 2.45) is 11.7 Å². The number of carbonyl (C=O) groups excluding carboxylic acids is 1. The van der Waals surface area contributed by atoms with Crippen LogP contribution in [0.5, 0.6) is 0 Å². The van der Waals surface area contributed by atoms with Crippen LogP contribution in [-0.2, 0) is 0 Å². The van der Waals surface area contributed by atoms with Gasteiger partial charge in [-0.1, -0.05) is 0 Å². The highest BCUT2D eigenvalue weighted by Gasteiger charge is 2.26. The standard InChI is InChI=1S/C13H22N4O/c1-9-12(10(2)16-15-9)13(18)17-7-4-11(3-6-14)5-8-17/h11H,3-8,14H2,1-2H3,(H,15,16). The molecule has 1 aromatic heterocycles. The fourth-order valence-electron chi connectivity index (χ4n) is 2.68. The molecule has 5 heteroatoms. The minimum atomic E-state index is 0.116. The van der Waals surface area contributed by atoms with Crippen LogP contribution in [0.1, 0.15) is 41.0 Å². The number of aromatic nitrogens is 2. The summed E-state index contributed by atoms with van der Waals surface area (Å²) in [6.45, 7) is 6.20. The van der Waals surface area contributed by atoms with Gasteiger partial charge in [0.1, 0.15) is 0 Å². The molecule has 0 radical (unpaired) electrons. The Kier molecular flexibility index (Phi) is 4.01. The molecule has 1 saturated heterocycles. The van der Waals surface area contributed by atoms with Crippen molar-refractivity contribution in [1.29, 1.82) is 0 Å². The van der Waals surface area contributed by atoms with Crippen molar-refractivity contribution in [3.63, 3.8) is 0 Å². The molecule has 5 nitrogen and oxygen atoms in total. The van der Waals surface area contributed by atoms with Gasteiger partial charge in [-0.05, 0) is 45.6 Å². The van der Waals surface area contributed by atoms with Gasteiger partial charge in [0, 0.05) is 18.8 Å². The van der Waals surface area contributed by atoms with Crippen LogP contribution >= 0.6 is 0 Å². The van der Waals surface area contributed by atoms with E-state index in [1.165, 1.54) is 0 Å². The smallest absolute Gasteiger partial charge is 0.257 e. The molecule has 0 unspecified atom stereocenters. The number of rotatable bonds is 3. The van der Waals surface area contributed by atoms with Gasteiger partial charge >= 0.3 is 0 Å². The van der Waals surface area contributed by atoms with E-state index < -0.39 is 0 Å². The summed E-state index contributed by atoms with van der Waals surface area (Å²) in [6.07, 6.45) is 3.21. The minimum Gasteiger partial charge on any atom is -0.339 e. The van der Waals surface area contributed by atoms with Crippen molar-refractivity contribution < 1.29 is 4.79 Å². The van der Waals surface area contributed by atoms with Crippen molar-refractivity contribution in [3.05, 3.63) is 17.0 Å². The van der Waals surface area contributed by atoms with Crippen LogP contribution in [0.25, 0.3) is 0 Å². The van der Waals surface area contributed by atoms with Crippen LogP contribution in [-0.4, -0.2) is 40.6 Å². The number of nitrogens with zero attached hydrogens (tertiary/aromatic N) is 2. The Morgan fingerprint density at radius 3 is 2.61 bits per heavy atom. The predicted octanol–water partition coefficient (Wildman–Crippen LogP) is 1.23. The van der Waals surface area contributed by atoms with Crippen molar-refractivity contribution in [1.82, 2.24) is 15.1 Å². The number of likely N-dealkylation sites (tertiary alicyclic amines) is 1. The zero-order valence-corrected chi connectivity index (χ0v) is 11.2. The average Bonchev–Trinajstić information content (AvgIpc) is 2.70. The first-order chi connectivity index (χ1) is 8.63. The molecule has 18 heavy (non-hydrogen) atoms. The lowest BCUT2D eigenvalue weighted by Crippen LogP contribution is -2.39. The van der Waals surface area contributed by atoms with Gasteiger partial charge < -0.3 is 10.6 Å². The molecule has 0 saturated carbocycles. The molecule has 1 aromatic rings. The number of hydrogen-bond acceptors (Lipinski definition) is 3. The van der Waals surface area contributed by atoms with E-state index in [1.807, 2.05) is 18.7 Å². The van der Waals surface area contributed by atoms with Gasteiger partial charge in [0.25, 0.3) is 5.91 Å². The van der Waals surface area contributed by atoms with E-state index in [0.29, 0.717) is 5.92 Å². The Bertz CT molecular complexity index is 399. The summed E-state index contributed by atoms with van der Waals surface area (Å²) in [5, 5.41) is 6.96. The maximum Gasteiger partial charge on any atom is 0.257 e. The number of aryl methyl sites for hydroxylation is 2. The maximum atomic E-state index is 12.4. The van der Waals surface area contributed by atoms with E-state index in [2.05, 4.69) is 10.2 Å². The minimum absolute atomic E-state index is 0.116. The zero-order chi connectivity index (χ0) is 13.1. The Morgan fingerprint density at radius 1 is 1.44 bits per heavy atom. The van der Waals surface area contributed by atoms with Crippen LogP contribution in [0, 0.1) is 19.8 Å². The third-order valence-corrected chi connectivity index (χ3v) is 3.82. The Morgan fingerprint density at radius 2 is 2.11 bits per heavy atom.